The predicted octanol–water partition coefficient (Wildman–Crippen LogP) is 2.88. The Labute approximate surface area is 82.0 Å². The lowest BCUT2D eigenvalue weighted by atomic mass is 10.1. The van der Waals surface area contributed by atoms with E-state index in [0.717, 1.165) is 11.1 Å². The predicted molar refractivity (Wildman–Crippen MR) is 55.1 cm³/mol. The molecule has 0 aliphatic carbocycles. The number of hydrogen-bond donors (Lipinski definition) is 1. The lowest BCUT2D eigenvalue weighted by Gasteiger charge is -2.01. The minimum Gasteiger partial charge on any atom is -0.398 e. The molecule has 69 valence electrons. The minimum absolute atomic E-state index is 0.229. The van der Waals surface area contributed by atoms with E-state index in [0.29, 0.717) is 5.69 Å². The summed E-state index contributed by atoms with van der Waals surface area (Å²) in [6.07, 6.45) is 0. The molecule has 0 unspecified atom stereocenters. The zero-order valence-corrected chi connectivity index (χ0v) is 7.50. The molecule has 2 aromatic rings. The molecule has 0 fully saturated rings. The first kappa shape index (κ1) is 8.75. The normalized spacial score (nSPS) is 10.1. The Bertz CT molecular complexity index is 374. The van der Waals surface area contributed by atoms with Gasteiger partial charge in [0.2, 0.25) is 0 Å². The van der Waals surface area contributed by atoms with Crippen LogP contribution in [0, 0.1) is 11.9 Å². The van der Waals surface area contributed by atoms with Crippen molar-refractivity contribution in [3.63, 3.8) is 0 Å². The number of hydrogen-bond acceptors (Lipinski definition) is 1. The fourth-order valence-electron chi connectivity index (χ4n) is 1.26. The second kappa shape index (κ2) is 3.50. The molecule has 14 heavy (non-hydrogen) atoms. The van der Waals surface area contributed by atoms with Crippen LogP contribution >= 0.6 is 0 Å². The number of nitrogen functional groups attached to an aromatic ring is 1. The van der Waals surface area contributed by atoms with Crippen LogP contribution in [0.1, 0.15) is 0 Å². The summed E-state index contributed by atoms with van der Waals surface area (Å²) < 4.78 is 12.6. The zero-order valence-electron chi connectivity index (χ0n) is 7.50. The Kier molecular flexibility index (Phi) is 2.19. The smallest absolute Gasteiger partial charge is 0.123 e. The number of anilines is 1. The maximum Gasteiger partial charge on any atom is 0.123 e. The van der Waals surface area contributed by atoms with E-state index in [4.69, 9.17) is 5.73 Å². The molecule has 2 heteroatoms. The van der Waals surface area contributed by atoms with E-state index in [9.17, 15) is 4.39 Å². The standard InChI is InChI=1S/C12H9FN/c13-11-5-1-9(2-6-11)10-3-7-12(14)8-4-10/h1-7H,14H2. The van der Waals surface area contributed by atoms with Gasteiger partial charge in [-0.2, -0.15) is 0 Å². The molecule has 0 atom stereocenters. The number of nitrogens with two attached hydrogens (primary N) is 1. The van der Waals surface area contributed by atoms with E-state index in [-0.39, 0.29) is 5.82 Å². The second-order valence-electron chi connectivity index (χ2n) is 3.04. The van der Waals surface area contributed by atoms with Crippen molar-refractivity contribution >= 4 is 5.69 Å². The number of rotatable bonds is 1. The first-order valence-electron chi connectivity index (χ1n) is 4.29. The average Bonchev–Trinajstić information content (AvgIpc) is 2.21. The highest BCUT2D eigenvalue weighted by Gasteiger charge is 1.97. The van der Waals surface area contributed by atoms with Crippen molar-refractivity contribution in [1.82, 2.24) is 0 Å². The molecule has 0 heterocycles. The van der Waals surface area contributed by atoms with Crippen LogP contribution in [0.15, 0.2) is 42.5 Å². The average molecular weight is 186 g/mol. The van der Waals surface area contributed by atoms with Crippen LogP contribution in [0.3, 0.4) is 0 Å². The summed E-state index contributed by atoms with van der Waals surface area (Å²) in [5.41, 5.74) is 8.07. The Balaban J connectivity index is 2.40. The molecular weight excluding hydrogens is 177 g/mol. The molecule has 0 saturated heterocycles. The molecular formula is C12H9FN. The van der Waals surface area contributed by atoms with E-state index in [2.05, 4.69) is 6.07 Å². The van der Waals surface area contributed by atoms with Gasteiger partial charge in [-0.25, -0.2) is 4.39 Å². The Hall–Kier alpha value is -1.83. The van der Waals surface area contributed by atoms with Gasteiger partial charge in [-0.05, 0) is 35.4 Å². The molecule has 0 amide bonds. The third-order valence-corrected chi connectivity index (χ3v) is 2.01. The number of halogens is 1. The van der Waals surface area contributed by atoms with Crippen molar-refractivity contribution in [2.45, 2.75) is 0 Å². The van der Waals surface area contributed by atoms with Gasteiger partial charge in [0.15, 0.2) is 0 Å². The van der Waals surface area contributed by atoms with E-state index >= 15 is 0 Å². The Morgan fingerprint density at radius 2 is 1.57 bits per heavy atom. The molecule has 0 spiro atoms. The summed E-state index contributed by atoms with van der Waals surface area (Å²) in [4.78, 5) is 0. The van der Waals surface area contributed by atoms with Crippen molar-refractivity contribution < 1.29 is 4.39 Å². The molecule has 0 saturated carbocycles. The van der Waals surface area contributed by atoms with Crippen LogP contribution in [-0.4, -0.2) is 0 Å². The fraction of sp³-hybridized carbons (Fsp3) is 0. The molecule has 1 nitrogen and oxygen atoms in total. The number of benzene rings is 2. The highest BCUT2D eigenvalue weighted by molar-refractivity contribution is 5.64. The molecule has 0 bridgehead atoms. The third-order valence-electron chi connectivity index (χ3n) is 2.01. The SMILES string of the molecule is Nc1[c]cc(-c2ccc(F)cc2)cc1. The van der Waals surface area contributed by atoms with Crippen molar-refractivity contribution in [1.29, 1.82) is 0 Å². The van der Waals surface area contributed by atoms with E-state index in [1.807, 2.05) is 6.07 Å². The first-order valence-corrected chi connectivity index (χ1v) is 4.29. The van der Waals surface area contributed by atoms with E-state index in [1.54, 1.807) is 24.3 Å². The van der Waals surface area contributed by atoms with Gasteiger partial charge in [-0.1, -0.05) is 18.2 Å². The Morgan fingerprint density at radius 1 is 0.929 bits per heavy atom. The first-order chi connectivity index (χ1) is 6.75. The highest BCUT2D eigenvalue weighted by atomic mass is 19.1. The van der Waals surface area contributed by atoms with E-state index < -0.39 is 0 Å². The van der Waals surface area contributed by atoms with Crippen molar-refractivity contribution in [2.24, 2.45) is 0 Å². The van der Waals surface area contributed by atoms with Crippen LogP contribution in [0.25, 0.3) is 11.1 Å². The van der Waals surface area contributed by atoms with Gasteiger partial charge < -0.3 is 5.73 Å². The minimum atomic E-state index is -0.229. The molecule has 0 aromatic heterocycles. The summed E-state index contributed by atoms with van der Waals surface area (Å²) in [5.74, 6) is -0.229. The summed E-state index contributed by atoms with van der Waals surface area (Å²) >= 11 is 0. The van der Waals surface area contributed by atoms with Crippen LogP contribution in [-0.2, 0) is 0 Å². The molecule has 2 rings (SSSR count). The van der Waals surface area contributed by atoms with Crippen LogP contribution in [0.4, 0.5) is 10.1 Å². The van der Waals surface area contributed by atoms with Gasteiger partial charge in [0, 0.05) is 11.8 Å². The lowest BCUT2D eigenvalue weighted by molar-refractivity contribution is 0.628. The summed E-state index contributed by atoms with van der Waals surface area (Å²) in [5, 5.41) is 0. The maximum atomic E-state index is 12.6. The fourth-order valence-corrected chi connectivity index (χ4v) is 1.26. The van der Waals surface area contributed by atoms with Gasteiger partial charge in [0.05, 0.1) is 0 Å². The molecule has 0 aliphatic rings. The maximum absolute atomic E-state index is 12.6. The van der Waals surface area contributed by atoms with Crippen LogP contribution < -0.4 is 5.73 Å². The molecule has 2 aromatic carbocycles. The van der Waals surface area contributed by atoms with E-state index in [1.165, 1.54) is 12.1 Å². The third kappa shape index (κ3) is 1.74. The largest absolute Gasteiger partial charge is 0.398 e. The molecule has 0 aliphatic heterocycles. The summed E-state index contributed by atoms with van der Waals surface area (Å²) in [6.45, 7) is 0. The summed E-state index contributed by atoms with van der Waals surface area (Å²) in [6, 6.07) is 14.7. The monoisotopic (exact) mass is 186 g/mol. The molecule has 1 radical (unpaired) electrons. The van der Waals surface area contributed by atoms with Crippen molar-refractivity contribution in [3.05, 3.63) is 54.3 Å². The van der Waals surface area contributed by atoms with Gasteiger partial charge in [0.25, 0.3) is 0 Å². The van der Waals surface area contributed by atoms with Gasteiger partial charge in [-0.15, -0.1) is 0 Å². The second-order valence-corrected chi connectivity index (χ2v) is 3.04. The van der Waals surface area contributed by atoms with Gasteiger partial charge in [0.1, 0.15) is 5.82 Å². The summed E-state index contributed by atoms with van der Waals surface area (Å²) in [7, 11) is 0. The quantitative estimate of drug-likeness (QED) is 0.681. The van der Waals surface area contributed by atoms with Crippen molar-refractivity contribution in [2.75, 3.05) is 5.73 Å². The lowest BCUT2D eigenvalue weighted by Crippen LogP contribution is -1.84. The van der Waals surface area contributed by atoms with Gasteiger partial charge >= 0.3 is 0 Å². The van der Waals surface area contributed by atoms with Crippen molar-refractivity contribution in [3.8, 4) is 11.1 Å². The van der Waals surface area contributed by atoms with Gasteiger partial charge in [-0.3, -0.25) is 0 Å². The topological polar surface area (TPSA) is 26.0 Å². The Morgan fingerprint density at radius 3 is 2.14 bits per heavy atom. The van der Waals surface area contributed by atoms with Crippen LogP contribution in [0.2, 0.25) is 0 Å². The van der Waals surface area contributed by atoms with Crippen LogP contribution in [0.5, 0.6) is 0 Å². The zero-order chi connectivity index (χ0) is 9.97. The molecule has 2 N–H and O–H groups in total. The highest BCUT2D eigenvalue weighted by Crippen LogP contribution is 2.20.